The van der Waals surface area contributed by atoms with Gasteiger partial charge in [0.1, 0.15) is 5.82 Å². The van der Waals surface area contributed by atoms with E-state index in [0.717, 1.165) is 0 Å². The Hall–Kier alpha value is -2.72. The zero-order valence-electron chi connectivity index (χ0n) is 12.8. The highest BCUT2D eigenvalue weighted by molar-refractivity contribution is 7.85. The van der Waals surface area contributed by atoms with Gasteiger partial charge in [-0.15, -0.1) is 0 Å². The molecular weight excluding hydrogens is 329 g/mol. The lowest BCUT2D eigenvalue weighted by atomic mass is 10.1. The molecule has 0 bridgehead atoms. The van der Waals surface area contributed by atoms with Crippen molar-refractivity contribution >= 4 is 16.8 Å². The maximum Gasteiger partial charge on any atom is 0.315 e. The van der Waals surface area contributed by atoms with Gasteiger partial charge in [-0.05, 0) is 30.3 Å². The van der Waals surface area contributed by atoms with Gasteiger partial charge in [-0.2, -0.15) is 5.26 Å². The van der Waals surface area contributed by atoms with Crippen molar-refractivity contribution in [3.63, 3.8) is 0 Å². The van der Waals surface area contributed by atoms with Crippen LogP contribution in [0.3, 0.4) is 0 Å². The number of amides is 2. The second-order valence-electron chi connectivity index (χ2n) is 4.89. The summed E-state index contributed by atoms with van der Waals surface area (Å²) in [4.78, 5) is 12.4. The molecule has 24 heavy (non-hydrogen) atoms. The third kappa shape index (κ3) is 5.18. The lowest BCUT2D eigenvalue weighted by molar-refractivity contribution is 0.241. The zero-order chi connectivity index (χ0) is 17.4. The monoisotopic (exact) mass is 345 g/mol. The molecule has 2 N–H and O–H groups in total. The smallest absolute Gasteiger partial charge is 0.315 e. The molecule has 7 heteroatoms. The number of hydrogen-bond donors (Lipinski definition) is 2. The first-order valence-electron chi connectivity index (χ1n) is 7.24. The Kier molecular flexibility index (Phi) is 6.46. The fraction of sp³-hybridized carbons (Fsp3) is 0.176. The Bertz CT molecular complexity index is 775. The molecule has 2 rings (SSSR count). The number of hydrogen-bond acceptors (Lipinski definition) is 3. The van der Waals surface area contributed by atoms with Crippen LogP contribution in [0.4, 0.5) is 9.18 Å². The minimum absolute atomic E-state index is 0.0328. The molecule has 5 nitrogen and oxygen atoms in total. The third-order valence-electron chi connectivity index (χ3n) is 3.19. The molecule has 0 aliphatic carbocycles. The van der Waals surface area contributed by atoms with Crippen LogP contribution in [0.2, 0.25) is 0 Å². The van der Waals surface area contributed by atoms with E-state index in [4.69, 9.17) is 5.26 Å². The van der Waals surface area contributed by atoms with Gasteiger partial charge >= 0.3 is 6.03 Å². The number of nitrogens with zero attached hydrogens (tertiary/aromatic N) is 1. The van der Waals surface area contributed by atoms with Gasteiger partial charge in [-0.1, -0.05) is 18.2 Å². The molecule has 0 spiro atoms. The standard InChI is InChI=1S/C17H16FN3O2S/c18-16-7-6-13(11-19)10-14(16)12-21-17(22)20-8-9-24(23)15-4-2-1-3-5-15/h1-7,10H,8-9,12H2,(H2,20,21,22)/t24-/m0/s1. The summed E-state index contributed by atoms with van der Waals surface area (Å²) in [6, 6.07) is 14.4. The van der Waals surface area contributed by atoms with Gasteiger partial charge in [0.15, 0.2) is 0 Å². The van der Waals surface area contributed by atoms with Crippen molar-refractivity contribution in [2.75, 3.05) is 12.3 Å². The quantitative estimate of drug-likeness (QED) is 0.843. The van der Waals surface area contributed by atoms with Crippen molar-refractivity contribution in [2.45, 2.75) is 11.4 Å². The number of nitriles is 1. The fourth-order valence-corrected chi connectivity index (χ4v) is 2.95. The minimum atomic E-state index is -1.19. The summed E-state index contributed by atoms with van der Waals surface area (Å²) < 4.78 is 25.6. The van der Waals surface area contributed by atoms with E-state index < -0.39 is 22.6 Å². The lowest BCUT2D eigenvalue weighted by Crippen LogP contribution is -2.37. The molecule has 124 valence electrons. The number of nitrogens with one attached hydrogen (secondary N) is 2. The molecule has 0 unspecified atom stereocenters. The molecule has 0 fully saturated rings. The van der Waals surface area contributed by atoms with E-state index in [0.29, 0.717) is 10.5 Å². The number of carbonyl (C=O) groups is 1. The summed E-state index contributed by atoms with van der Waals surface area (Å²) in [6.07, 6.45) is 0. The zero-order valence-corrected chi connectivity index (χ0v) is 13.6. The molecule has 0 radical (unpaired) electrons. The minimum Gasteiger partial charge on any atom is -0.337 e. The maximum atomic E-state index is 13.6. The van der Waals surface area contributed by atoms with Gasteiger partial charge < -0.3 is 10.6 Å². The van der Waals surface area contributed by atoms with E-state index in [2.05, 4.69) is 10.6 Å². The first-order chi connectivity index (χ1) is 11.6. The normalized spacial score (nSPS) is 11.3. The first kappa shape index (κ1) is 17.6. The molecule has 0 saturated carbocycles. The molecule has 0 aliphatic heterocycles. The van der Waals surface area contributed by atoms with Crippen LogP contribution >= 0.6 is 0 Å². The first-order valence-corrected chi connectivity index (χ1v) is 8.55. The van der Waals surface area contributed by atoms with Gasteiger partial charge in [-0.3, -0.25) is 4.21 Å². The summed E-state index contributed by atoms with van der Waals surface area (Å²) in [5.41, 5.74) is 0.559. The van der Waals surface area contributed by atoms with Gasteiger partial charge in [0, 0.05) is 29.3 Å². The second-order valence-corrected chi connectivity index (χ2v) is 6.46. The average molecular weight is 345 g/mol. The summed E-state index contributed by atoms with van der Waals surface area (Å²) >= 11 is 0. The van der Waals surface area contributed by atoms with E-state index in [1.807, 2.05) is 12.1 Å². The molecule has 0 aromatic heterocycles. The third-order valence-corrected chi connectivity index (χ3v) is 4.57. The second kappa shape index (κ2) is 8.79. The van der Waals surface area contributed by atoms with Gasteiger partial charge in [0.25, 0.3) is 0 Å². The Balaban J connectivity index is 1.76. The summed E-state index contributed by atoms with van der Waals surface area (Å²) in [5.74, 6) is -0.199. The maximum absolute atomic E-state index is 13.6. The van der Waals surface area contributed by atoms with E-state index >= 15 is 0 Å². The number of urea groups is 1. The van der Waals surface area contributed by atoms with Crippen molar-refractivity contribution < 1.29 is 13.4 Å². The molecule has 1 atom stereocenters. The number of benzene rings is 2. The number of carbonyl (C=O) groups excluding carboxylic acids is 1. The highest BCUT2D eigenvalue weighted by atomic mass is 32.2. The summed E-state index contributed by atoms with van der Waals surface area (Å²) in [7, 11) is -1.19. The predicted octanol–water partition coefficient (Wildman–Crippen LogP) is 2.30. The van der Waals surface area contributed by atoms with Crippen molar-refractivity contribution in [3.8, 4) is 6.07 Å². The molecule has 0 aliphatic rings. The predicted molar refractivity (Wildman–Crippen MR) is 89.1 cm³/mol. The van der Waals surface area contributed by atoms with Crippen LogP contribution < -0.4 is 10.6 Å². The van der Waals surface area contributed by atoms with E-state index in [1.54, 1.807) is 24.3 Å². The van der Waals surface area contributed by atoms with Crippen molar-refractivity contribution in [2.24, 2.45) is 0 Å². The Morgan fingerprint density at radius 3 is 2.62 bits per heavy atom. The Morgan fingerprint density at radius 2 is 1.92 bits per heavy atom. The molecular formula is C17H16FN3O2S. The van der Waals surface area contributed by atoms with Crippen LogP contribution in [-0.4, -0.2) is 22.5 Å². The van der Waals surface area contributed by atoms with Crippen LogP contribution in [-0.2, 0) is 17.3 Å². The average Bonchev–Trinajstić information content (AvgIpc) is 2.61. The van der Waals surface area contributed by atoms with Gasteiger partial charge in [0.05, 0.1) is 22.4 Å². The molecule has 2 aromatic rings. The molecule has 0 saturated heterocycles. The van der Waals surface area contributed by atoms with Crippen molar-refractivity contribution in [1.82, 2.24) is 10.6 Å². The number of rotatable bonds is 6. The van der Waals surface area contributed by atoms with Crippen LogP contribution in [0, 0.1) is 17.1 Å². The van der Waals surface area contributed by atoms with Gasteiger partial charge in [0.2, 0.25) is 0 Å². The SMILES string of the molecule is N#Cc1ccc(F)c(CNC(=O)NCC[S@](=O)c2ccccc2)c1. The lowest BCUT2D eigenvalue weighted by Gasteiger charge is -2.08. The van der Waals surface area contributed by atoms with Crippen molar-refractivity contribution in [1.29, 1.82) is 5.26 Å². The Labute approximate surface area is 142 Å². The van der Waals surface area contributed by atoms with E-state index in [9.17, 15) is 13.4 Å². The molecule has 2 amide bonds. The largest absolute Gasteiger partial charge is 0.337 e. The van der Waals surface area contributed by atoms with Crippen LogP contribution in [0.15, 0.2) is 53.4 Å². The number of halogens is 1. The summed E-state index contributed by atoms with van der Waals surface area (Å²) in [5, 5.41) is 13.9. The van der Waals surface area contributed by atoms with Crippen LogP contribution in [0.1, 0.15) is 11.1 Å². The van der Waals surface area contributed by atoms with E-state index in [-0.39, 0.29) is 24.4 Å². The van der Waals surface area contributed by atoms with Crippen molar-refractivity contribution in [3.05, 3.63) is 65.5 Å². The highest BCUT2D eigenvalue weighted by Gasteiger charge is 2.07. The molecule has 2 aromatic carbocycles. The topological polar surface area (TPSA) is 82.0 Å². The van der Waals surface area contributed by atoms with E-state index in [1.165, 1.54) is 18.2 Å². The fourth-order valence-electron chi connectivity index (χ4n) is 1.97. The van der Waals surface area contributed by atoms with Crippen LogP contribution in [0.25, 0.3) is 0 Å². The molecule has 0 heterocycles. The van der Waals surface area contributed by atoms with Crippen LogP contribution in [0.5, 0.6) is 0 Å². The highest BCUT2D eigenvalue weighted by Crippen LogP contribution is 2.09. The Morgan fingerprint density at radius 1 is 1.17 bits per heavy atom. The van der Waals surface area contributed by atoms with Gasteiger partial charge in [-0.25, -0.2) is 9.18 Å². The summed E-state index contributed by atoms with van der Waals surface area (Å²) in [6.45, 7) is 0.197.